The maximum Gasteiger partial charge on any atom is 0.251 e. The number of carbonyl (C=O) groups excluding carboxylic acids is 1. The topological polar surface area (TPSA) is 87.0 Å². The van der Waals surface area contributed by atoms with E-state index in [1.165, 1.54) is 0 Å². The zero-order chi connectivity index (χ0) is 25.1. The normalized spacial score (nSPS) is 16.8. The van der Waals surface area contributed by atoms with Gasteiger partial charge < -0.3 is 15.4 Å². The number of nitrogens with one attached hydrogen (secondary N) is 2. The van der Waals surface area contributed by atoms with Crippen LogP contribution in [0.15, 0.2) is 67.0 Å². The van der Waals surface area contributed by atoms with Crippen molar-refractivity contribution in [2.75, 3.05) is 0 Å². The van der Waals surface area contributed by atoms with E-state index in [9.17, 15) is 4.79 Å². The van der Waals surface area contributed by atoms with Gasteiger partial charge in [0.15, 0.2) is 0 Å². The van der Waals surface area contributed by atoms with Gasteiger partial charge in [-0.15, -0.1) is 0 Å². The Labute approximate surface area is 207 Å². The minimum absolute atomic E-state index is 0.0206. The SMILES string of the molecule is CC1(C)CC(NC(=O)c2ccc(COc3cccc(-c4cncc(C#N)c4)c3)cc2)CC(C)(C)N1. The van der Waals surface area contributed by atoms with Gasteiger partial charge in [-0.3, -0.25) is 9.78 Å². The average Bonchev–Trinajstić information content (AvgIpc) is 2.81. The standard InChI is InChI=1S/C29H32N4O2/c1-28(2)14-25(15-29(3,4)33-28)32-27(34)22-10-8-20(9-11-22)19-35-26-7-5-6-23(13-26)24-12-21(16-30)17-31-18-24/h5-13,17-18,25,33H,14-15,19H2,1-4H3,(H,32,34). The van der Waals surface area contributed by atoms with E-state index in [1.807, 2.05) is 54.6 Å². The molecule has 0 saturated carbocycles. The molecule has 2 N–H and O–H groups in total. The predicted octanol–water partition coefficient (Wildman–Crippen LogP) is 5.24. The summed E-state index contributed by atoms with van der Waals surface area (Å²) in [5, 5.41) is 16.0. The molecule has 4 rings (SSSR count). The van der Waals surface area contributed by atoms with E-state index in [0.717, 1.165) is 35.3 Å². The molecule has 1 fully saturated rings. The van der Waals surface area contributed by atoms with Crippen LogP contribution in [0.3, 0.4) is 0 Å². The third-order valence-corrected chi connectivity index (χ3v) is 6.18. The van der Waals surface area contributed by atoms with E-state index >= 15 is 0 Å². The van der Waals surface area contributed by atoms with E-state index in [0.29, 0.717) is 17.7 Å². The van der Waals surface area contributed by atoms with Crippen LogP contribution in [0.2, 0.25) is 0 Å². The minimum atomic E-state index is -0.0446. The molecular weight excluding hydrogens is 436 g/mol. The number of hydrogen-bond acceptors (Lipinski definition) is 5. The lowest BCUT2D eigenvalue weighted by atomic mass is 9.79. The first-order valence-electron chi connectivity index (χ1n) is 11.9. The van der Waals surface area contributed by atoms with Crippen LogP contribution in [0.1, 0.15) is 62.0 Å². The van der Waals surface area contributed by atoms with E-state index in [-0.39, 0.29) is 23.0 Å². The molecule has 2 aromatic carbocycles. The highest BCUT2D eigenvalue weighted by Crippen LogP contribution is 2.29. The number of amides is 1. The molecule has 0 atom stereocenters. The molecule has 6 nitrogen and oxygen atoms in total. The second-order valence-corrected chi connectivity index (χ2v) is 10.6. The summed E-state index contributed by atoms with van der Waals surface area (Å²) in [5.74, 6) is 0.680. The number of nitriles is 1. The monoisotopic (exact) mass is 468 g/mol. The van der Waals surface area contributed by atoms with Gasteiger partial charge in [0.05, 0.1) is 5.56 Å². The van der Waals surface area contributed by atoms with Gasteiger partial charge in [-0.05, 0) is 82.0 Å². The van der Waals surface area contributed by atoms with Crippen LogP contribution in [-0.2, 0) is 6.61 Å². The molecule has 1 saturated heterocycles. The molecule has 1 aliphatic heterocycles. The van der Waals surface area contributed by atoms with Crippen LogP contribution in [0.5, 0.6) is 5.75 Å². The summed E-state index contributed by atoms with van der Waals surface area (Å²) in [7, 11) is 0. The summed E-state index contributed by atoms with van der Waals surface area (Å²) in [4.78, 5) is 17.0. The number of benzene rings is 2. The molecule has 2 heterocycles. The number of aromatic nitrogens is 1. The Balaban J connectivity index is 1.36. The van der Waals surface area contributed by atoms with Crippen molar-refractivity contribution in [3.8, 4) is 22.9 Å². The van der Waals surface area contributed by atoms with Crippen LogP contribution in [-0.4, -0.2) is 28.0 Å². The number of piperidine rings is 1. The average molecular weight is 469 g/mol. The summed E-state index contributed by atoms with van der Waals surface area (Å²) in [6.07, 6.45) is 5.06. The van der Waals surface area contributed by atoms with Crippen molar-refractivity contribution in [2.24, 2.45) is 0 Å². The van der Waals surface area contributed by atoms with Crippen LogP contribution in [0, 0.1) is 11.3 Å². The Morgan fingerprint density at radius 3 is 2.46 bits per heavy atom. The number of rotatable bonds is 6. The Kier molecular flexibility index (Phi) is 6.90. The molecule has 1 aliphatic rings. The highest BCUT2D eigenvalue weighted by molar-refractivity contribution is 5.94. The third-order valence-electron chi connectivity index (χ3n) is 6.18. The predicted molar refractivity (Wildman–Crippen MR) is 137 cm³/mol. The van der Waals surface area contributed by atoms with Crippen LogP contribution >= 0.6 is 0 Å². The van der Waals surface area contributed by atoms with Gasteiger partial charge in [-0.25, -0.2) is 0 Å². The van der Waals surface area contributed by atoms with Gasteiger partial charge in [0.1, 0.15) is 18.4 Å². The smallest absolute Gasteiger partial charge is 0.251 e. The largest absolute Gasteiger partial charge is 0.489 e. The minimum Gasteiger partial charge on any atom is -0.489 e. The summed E-state index contributed by atoms with van der Waals surface area (Å²) in [5.41, 5.74) is 3.90. The molecule has 1 aromatic heterocycles. The van der Waals surface area contributed by atoms with Crippen LogP contribution in [0.4, 0.5) is 0 Å². The summed E-state index contributed by atoms with van der Waals surface area (Å²) >= 11 is 0. The fourth-order valence-electron chi connectivity index (χ4n) is 5.04. The molecular formula is C29H32N4O2. The number of carbonyl (C=O) groups is 1. The fourth-order valence-corrected chi connectivity index (χ4v) is 5.04. The summed E-state index contributed by atoms with van der Waals surface area (Å²) in [6, 6.07) is 19.3. The molecule has 180 valence electrons. The molecule has 35 heavy (non-hydrogen) atoms. The number of nitrogens with zero attached hydrogens (tertiary/aromatic N) is 2. The van der Waals surface area contributed by atoms with Crippen molar-refractivity contribution < 1.29 is 9.53 Å². The molecule has 0 radical (unpaired) electrons. The number of pyridine rings is 1. The summed E-state index contributed by atoms with van der Waals surface area (Å²) < 4.78 is 5.99. The lowest BCUT2D eigenvalue weighted by Gasteiger charge is -2.46. The van der Waals surface area contributed by atoms with Crippen molar-refractivity contribution in [3.05, 3.63) is 83.7 Å². The summed E-state index contributed by atoms with van der Waals surface area (Å²) in [6.45, 7) is 9.10. The third kappa shape index (κ3) is 6.46. The van der Waals surface area contributed by atoms with Crippen molar-refractivity contribution in [1.29, 1.82) is 5.26 Å². The quantitative estimate of drug-likeness (QED) is 0.517. The molecule has 0 bridgehead atoms. The van der Waals surface area contributed by atoms with E-state index < -0.39 is 0 Å². The maximum absolute atomic E-state index is 12.9. The van der Waals surface area contributed by atoms with E-state index in [2.05, 4.69) is 49.4 Å². The van der Waals surface area contributed by atoms with Gasteiger partial charge in [-0.2, -0.15) is 5.26 Å². The lowest BCUT2D eigenvalue weighted by molar-refractivity contribution is 0.0873. The van der Waals surface area contributed by atoms with Gasteiger partial charge in [0.2, 0.25) is 0 Å². The molecule has 6 heteroatoms. The maximum atomic E-state index is 12.9. The molecule has 3 aromatic rings. The lowest BCUT2D eigenvalue weighted by Crippen LogP contribution is -2.62. The first kappa shape index (κ1) is 24.4. The highest BCUT2D eigenvalue weighted by atomic mass is 16.5. The van der Waals surface area contributed by atoms with Crippen molar-refractivity contribution in [2.45, 2.75) is 64.3 Å². The number of hydrogen-bond donors (Lipinski definition) is 2. The Hall–Kier alpha value is -3.69. The Bertz CT molecular complexity index is 1230. The zero-order valence-electron chi connectivity index (χ0n) is 20.8. The second kappa shape index (κ2) is 9.89. The highest BCUT2D eigenvalue weighted by Gasteiger charge is 2.38. The first-order chi connectivity index (χ1) is 16.6. The molecule has 1 amide bonds. The molecule has 0 spiro atoms. The van der Waals surface area contributed by atoms with Gasteiger partial charge >= 0.3 is 0 Å². The Morgan fingerprint density at radius 2 is 1.77 bits per heavy atom. The van der Waals surface area contributed by atoms with Crippen molar-refractivity contribution >= 4 is 5.91 Å². The van der Waals surface area contributed by atoms with Gasteiger partial charge in [0, 0.05) is 40.6 Å². The molecule has 0 aliphatic carbocycles. The van der Waals surface area contributed by atoms with Crippen molar-refractivity contribution in [1.82, 2.24) is 15.6 Å². The van der Waals surface area contributed by atoms with E-state index in [1.54, 1.807) is 12.4 Å². The van der Waals surface area contributed by atoms with Crippen LogP contribution < -0.4 is 15.4 Å². The fraction of sp³-hybridized carbons (Fsp3) is 0.345. The van der Waals surface area contributed by atoms with Gasteiger partial charge in [-0.1, -0.05) is 24.3 Å². The van der Waals surface area contributed by atoms with Crippen molar-refractivity contribution in [3.63, 3.8) is 0 Å². The Morgan fingerprint density at radius 1 is 1.06 bits per heavy atom. The first-order valence-corrected chi connectivity index (χ1v) is 11.9. The zero-order valence-corrected chi connectivity index (χ0v) is 20.8. The number of ether oxygens (including phenoxy) is 1. The van der Waals surface area contributed by atoms with Gasteiger partial charge in [0.25, 0.3) is 5.91 Å². The van der Waals surface area contributed by atoms with E-state index in [4.69, 9.17) is 10.00 Å². The van der Waals surface area contributed by atoms with Crippen LogP contribution in [0.25, 0.3) is 11.1 Å². The second-order valence-electron chi connectivity index (χ2n) is 10.6. The molecule has 0 unspecified atom stereocenters.